The van der Waals surface area contributed by atoms with Crippen molar-refractivity contribution in [3.8, 4) is 0 Å². The van der Waals surface area contributed by atoms with Gasteiger partial charge in [0.25, 0.3) is 0 Å². The van der Waals surface area contributed by atoms with Crippen LogP contribution in [0.4, 0.5) is 10.5 Å². The Bertz CT molecular complexity index is 1760. The normalized spacial score (nSPS) is 18.3. The molecule has 0 saturated carbocycles. The molecule has 1 unspecified atom stereocenters. The van der Waals surface area contributed by atoms with E-state index in [9.17, 15) is 29.1 Å². The molecule has 0 bridgehead atoms. The van der Waals surface area contributed by atoms with E-state index in [1.807, 2.05) is 103 Å². The first-order valence-electron chi connectivity index (χ1n) is 22.4. The minimum absolute atomic E-state index is 0.0278. The number of aliphatic hydroxyl groups is 1. The van der Waals surface area contributed by atoms with Crippen LogP contribution in [0, 0.1) is 23.7 Å². The number of carbonyl (C=O) groups is 5. The zero-order valence-electron chi connectivity index (χ0n) is 39.9. The van der Waals surface area contributed by atoms with Crippen LogP contribution < -0.4 is 16.0 Å². The van der Waals surface area contributed by atoms with E-state index in [2.05, 4.69) is 16.0 Å². The highest BCUT2D eigenvalue weighted by atomic mass is 16.6. The lowest BCUT2D eigenvalue weighted by molar-refractivity contribution is -0.148. The summed E-state index contributed by atoms with van der Waals surface area (Å²) in [5.41, 5.74) is 2.41. The third kappa shape index (κ3) is 13.9. The molecule has 63 heavy (non-hydrogen) atoms. The highest BCUT2D eigenvalue weighted by molar-refractivity contribution is 5.91. The lowest BCUT2D eigenvalue weighted by atomic mass is 9.89. The van der Waals surface area contributed by atoms with Crippen LogP contribution in [-0.2, 0) is 40.0 Å². The van der Waals surface area contributed by atoms with Crippen molar-refractivity contribution in [1.82, 2.24) is 25.3 Å². The molecule has 352 valence electrons. The number of nitrogens with one attached hydrogen (secondary N) is 3. The molecule has 4 N–H and O–H groups in total. The molecule has 2 aromatic rings. The Balaban J connectivity index is 1.75. The fraction of sp³-hybridized carbons (Fsp3) is 0.646. The summed E-state index contributed by atoms with van der Waals surface area (Å²) in [4.78, 5) is 74.3. The first kappa shape index (κ1) is 52.6. The van der Waals surface area contributed by atoms with Gasteiger partial charge in [0.05, 0.1) is 48.8 Å². The second-order valence-electron chi connectivity index (χ2n) is 17.8. The first-order valence-corrected chi connectivity index (χ1v) is 22.4. The Labute approximate surface area is 375 Å². The van der Waals surface area contributed by atoms with Crippen LogP contribution in [-0.4, -0.2) is 134 Å². The number of hydrogen-bond acceptors (Lipinski definition) is 10. The molecular weight excluding hydrogens is 805 g/mol. The Morgan fingerprint density at radius 2 is 1.48 bits per heavy atom. The number of amides is 5. The summed E-state index contributed by atoms with van der Waals surface area (Å²) in [6.07, 6.45) is -0.873. The Morgan fingerprint density at radius 3 is 2.02 bits per heavy atom. The van der Waals surface area contributed by atoms with Gasteiger partial charge in [0.15, 0.2) is 0 Å². The quantitative estimate of drug-likeness (QED) is 0.110. The minimum Gasteiger partial charge on any atom is -0.445 e. The van der Waals surface area contributed by atoms with Gasteiger partial charge in [-0.2, -0.15) is 0 Å². The number of likely N-dealkylation sites (N-methyl/N-ethyl adjacent to an activating group) is 2. The van der Waals surface area contributed by atoms with Crippen molar-refractivity contribution in [3.63, 3.8) is 0 Å². The van der Waals surface area contributed by atoms with Crippen molar-refractivity contribution in [2.75, 3.05) is 47.2 Å². The minimum atomic E-state index is -0.951. The van der Waals surface area contributed by atoms with Gasteiger partial charge in [0.2, 0.25) is 23.6 Å². The Morgan fingerprint density at radius 1 is 0.841 bits per heavy atom. The van der Waals surface area contributed by atoms with Gasteiger partial charge >= 0.3 is 6.09 Å². The molecule has 0 spiro atoms. The van der Waals surface area contributed by atoms with Crippen molar-refractivity contribution in [2.45, 2.75) is 136 Å². The Hall–Kier alpha value is -4.73. The van der Waals surface area contributed by atoms with E-state index in [0.29, 0.717) is 24.9 Å². The average Bonchev–Trinajstić information content (AvgIpc) is 3.76. The number of aliphatic hydroxyl groups excluding tert-OH is 1. The molecule has 15 nitrogen and oxygen atoms in total. The maximum atomic E-state index is 14.5. The van der Waals surface area contributed by atoms with E-state index in [1.165, 1.54) is 26.2 Å². The van der Waals surface area contributed by atoms with E-state index in [0.717, 1.165) is 17.7 Å². The predicted molar refractivity (Wildman–Crippen MR) is 244 cm³/mol. The number of likely N-dealkylation sites (tertiary alicyclic amines) is 1. The summed E-state index contributed by atoms with van der Waals surface area (Å²) in [6.45, 7) is 15.4. The second-order valence-corrected chi connectivity index (χ2v) is 17.8. The van der Waals surface area contributed by atoms with Crippen LogP contribution in [0.25, 0.3) is 0 Å². The highest BCUT2D eigenvalue weighted by Gasteiger charge is 2.43. The van der Waals surface area contributed by atoms with Crippen LogP contribution >= 0.6 is 0 Å². The molecule has 3 rings (SSSR count). The third-order valence-corrected chi connectivity index (χ3v) is 12.7. The number of benzene rings is 2. The van der Waals surface area contributed by atoms with Crippen LogP contribution in [0.1, 0.15) is 98.3 Å². The van der Waals surface area contributed by atoms with Crippen molar-refractivity contribution < 1.29 is 43.3 Å². The monoisotopic (exact) mass is 881 g/mol. The SMILES string of the molecule is CC[C@H](C)[C@@H]([C@@H](CC(=O)N1CCC[C@H]1[C@H](OC)[C@@H](C)C(=O)N[C@H](C)[C@@H](O)c1ccccc1)OC)N(C)C(=O)C(NC(=O)[C@H](C(C)C)N(C)C(=O)OCc1ccc(NC)cc1)C(C)C. The largest absolute Gasteiger partial charge is 0.445 e. The third-order valence-electron chi connectivity index (χ3n) is 12.7. The number of hydrogen-bond donors (Lipinski definition) is 4. The summed E-state index contributed by atoms with van der Waals surface area (Å²) >= 11 is 0. The van der Waals surface area contributed by atoms with E-state index >= 15 is 0 Å². The standard InChI is InChI=1S/C48H76N6O9/c1-14-31(6)42(52(10)47(59)40(29(2)3)51-46(58)41(30(4)5)53(11)48(60)63-28-34-22-24-36(49-9)25-23-34)38(61-12)27-39(55)54-26-18-21-37(54)44(62-13)32(7)45(57)50-33(8)43(56)35-19-16-15-17-20-35/h15-17,19-20,22-25,29-33,37-38,40-44,49,56H,14,18,21,26-28H2,1-13H3,(H,50,57)(H,51,58)/t31-,32+,33+,37-,38+,40?,41-,42-,43+,44+/m0/s1. The van der Waals surface area contributed by atoms with Crippen molar-refractivity contribution in [1.29, 1.82) is 0 Å². The van der Waals surface area contributed by atoms with Gasteiger partial charge < -0.3 is 45.1 Å². The Kier molecular flexibility index (Phi) is 20.8. The van der Waals surface area contributed by atoms with E-state index < -0.39 is 60.4 Å². The molecule has 5 amide bonds. The second kappa shape index (κ2) is 24.9. The van der Waals surface area contributed by atoms with E-state index in [1.54, 1.807) is 30.7 Å². The summed E-state index contributed by atoms with van der Waals surface area (Å²) in [6, 6.07) is 13.2. The van der Waals surface area contributed by atoms with Gasteiger partial charge in [-0.25, -0.2) is 4.79 Å². The molecule has 1 aliphatic rings. The van der Waals surface area contributed by atoms with Crippen molar-refractivity contribution in [3.05, 3.63) is 65.7 Å². The average molecular weight is 881 g/mol. The maximum absolute atomic E-state index is 14.5. The number of rotatable bonds is 23. The van der Waals surface area contributed by atoms with E-state index in [4.69, 9.17) is 14.2 Å². The summed E-state index contributed by atoms with van der Waals surface area (Å²) in [5.74, 6) is -2.68. The molecule has 1 saturated heterocycles. The van der Waals surface area contributed by atoms with Crippen LogP contribution in [0.3, 0.4) is 0 Å². The molecule has 1 aliphatic heterocycles. The first-order chi connectivity index (χ1) is 29.8. The zero-order valence-corrected chi connectivity index (χ0v) is 39.9. The van der Waals surface area contributed by atoms with Gasteiger partial charge in [0.1, 0.15) is 18.7 Å². The summed E-state index contributed by atoms with van der Waals surface area (Å²) < 4.78 is 17.6. The molecule has 1 fully saturated rings. The topological polar surface area (TPSA) is 179 Å². The molecule has 15 heteroatoms. The summed E-state index contributed by atoms with van der Waals surface area (Å²) in [7, 11) is 8.09. The molecule has 0 aliphatic carbocycles. The van der Waals surface area contributed by atoms with Gasteiger partial charge in [0, 0.05) is 47.6 Å². The molecule has 0 aromatic heterocycles. The molecule has 1 heterocycles. The van der Waals surface area contributed by atoms with Gasteiger partial charge in [-0.15, -0.1) is 0 Å². The van der Waals surface area contributed by atoms with Crippen molar-refractivity contribution in [2.24, 2.45) is 23.7 Å². The lowest BCUT2D eigenvalue weighted by Gasteiger charge is -2.41. The number of anilines is 1. The van der Waals surface area contributed by atoms with Crippen LogP contribution in [0.2, 0.25) is 0 Å². The molecular formula is C48H76N6O9. The van der Waals surface area contributed by atoms with E-state index in [-0.39, 0.29) is 54.5 Å². The van der Waals surface area contributed by atoms with Crippen LogP contribution in [0.5, 0.6) is 0 Å². The number of ether oxygens (including phenoxy) is 3. The highest BCUT2D eigenvalue weighted by Crippen LogP contribution is 2.30. The molecule has 10 atom stereocenters. The smallest absolute Gasteiger partial charge is 0.410 e. The van der Waals surface area contributed by atoms with Crippen LogP contribution in [0.15, 0.2) is 54.6 Å². The lowest BCUT2D eigenvalue weighted by Crippen LogP contribution is -2.60. The fourth-order valence-corrected chi connectivity index (χ4v) is 8.71. The summed E-state index contributed by atoms with van der Waals surface area (Å²) in [5, 5.41) is 19.8. The van der Waals surface area contributed by atoms with Crippen molar-refractivity contribution >= 4 is 35.4 Å². The van der Waals surface area contributed by atoms with Gasteiger partial charge in [-0.05, 0) is 60.8 Å². The number of carbonyl (C=O) groups excluding carboxylic acids is 5. The predicted octanol–water partition coefficient (Wildman–Crippen LogP) is 5.62. The van der Waals surface area contributed by atoms with Gasteiger partial charge in [-0.3, -0.25) is 24.1 Å². The zero-order chi connectivity index (χ0) is 47.1. The molecule has 0 radical (unpaired) electrons. The van der Waals surface area contributed by atoms with Gasteiger partial charge in [-0.1, -0.05) is 97.4 Å². The number of methoxy groups -OCH3 is 2. The molecule has 2 aromatic carbocycles. The fourth-order valence-electron chi connectivity index (χ4n) is 8.71. The number of nitrogens with zero attached hydrogens (tertiary/aromatic N) is 3. The maximum Gasteiger partial charge on any atom is 0.410 e.